The van der Waals surface area contributed by atoms with Crippen LogP contribution < -0.4 is 5.32 Å². The van der Waals surface area contributed by atoms with E-state index in [1.54, 1.807) is 30.9 Å². The summed E-state index contributed by atoms with van der Waals surface area (Å²) in [4.78, 5) is 26.8. The maximum Gasteiger partial charge on any atom is 0.229 e. The van der Waals surface area contributed by atoms with Crippen LogP contribution in [0.2, 0.25) is 0 Å². The van der Waals surface area contributed by atoms with Gasteiger partial charge < -0.3 is 9.88 Å². The van der Waals surface area contributed by atoms with Crippen molar-refractivity contribution in [2.75, 3.05) is 7.05 Å². The Morgan fingerprint density at radius 1 is 1.27 bits per heavy atom. The highest BCUT2D eigenvalue weighted by Gasteiger charge is 2.29. The molecule has 0 aliphatic heterocycles. The Bertz CT molecular complexity index is 1140. The van der Waals surface area contributed by atoms with Crippen molar-refractivity contribution in [3.8, 4) is 10.6 Å². The lowest BCUT2D eigenvalue weighted by atomic mass is 9.83. The molecule has 0 aliphatic rings. The summed E-state index contributed by atoms with van der Waals surface area (Å²) in [6, 6.07) is 7.99. The van der Waals surface area contributed by atoms with E-state index in [2.05, 4.69) is 15.3 Å². The first kappa shape index (κ1) is 16.7. The summed E-state index contributed by atoms with van der Waals surface area (Å²) < 4.78 is 1.97. The van der Waals surface area contributed by atoms with Crippen LogP contribution in [0, 0.1) is 0 Å². The molecule has 6 nitrogen and oxygen atoms in total. The Kier molecular flexibility index (Phi) is 3.77. The lowest BCUT2D eigenvalue weighted by Crippen LogP contribution is -2.37. The van der Waals surface area contributed by atoms with Crippen molar-refractivity contribution < 1.29 is 4.79 Å². The molecule has 26 heavy (non-hydrogen) atoms. The maximum atomic E-state index is 12.2. The highest BCUT2D eigenvalue weighted by Crippen LogP contribution is 2.34. The maximum absolute atomic E-state index is 12.2. The number of nitrogens with zero attached hydrogens (tertiary/aromatic N) is 4. The number of rotatable bonds is 3. The minimum absolute atomic E-state index is 0.0165. The van der Waals surface area contributed by atoms with Crippen LogP contribution in [-0.4, -0.2) is 32.5 Å². The minimum Gasteiger partial charge on any atom is -0.358 e. The molecule has 1 N–H and O–H groups in total. The number of aromatic nitrogens is 4. The van der Waals surface area contributed by atoms with Gasteiger partial charge in [-0.3, -0.25) is 4.79 Å². The van der Waals surface area contributed by atoms with E-state index in [1.807, 2.05) is 49.7 Å². The predicted molar refractivity (Wildman–Crippen MR) is 104 cm³/mol. The van der Waals surface area contributed by atoms with E-state index in [0.717, 1.165) is 37.5 Å². The van der Waals surface area contributed by atoms with E-state index in [0.29, 0.717) is 0 Å². The van der Waals surface area contributed by atoms with Gasteiger partial charge in [-0.05, 0) is 25.5 Å². The van der Waals surface area contributed by atoms with Gasteiger partial charge in [0.25, 0.3) is 0 Å². The van der Waals surface area contributed by atoms with Crippen molar-refractivity contribution in [3.63, 3.8) is 0 Å². The molecule has 0 atom stereocenters. The van der Waals surface area contributed by atoms with E-state index in [9.17, 15) is 4.79 Å². The minimum atomic E-state index is -0.616. The summed E-state index contributed by atoms with van der Waals surface area (Å²) in [5.74, 6) is -0.0165. The third kappa shape index (κ3) is 2.47. The number of thiazole rings is 1. The zero-order chi connectivity index (χ0) is 18.5. The van der Waals surface area contributed by atoms with E-state index in [4.69, 9.17) is 4.98 Å². The van der Waals surface area contributed by atoms with Crippen LogP contribution in [0.15, 0.2) is 36.8 Å². The normalized spacial score (nSPS) is 12.0. The number of hydrogen-bond donors (Lipinski definition) is 1. The highest BCUT2D eigenvalue weighted by molar-refractivity contribution is 7.21. The van der Waals surface area contributed by atoms with Gasteiger partial charge in [0.1, 0.15) is 20.9 Å². The molecule has 3 aromatic heterocycles. The summed E-state index contributed by atoms with van der Waals surface area (Å²) >= 11 is 1.55. The molecule has 4 aromatic rings. The quantitative estimate of drug-likeness (QED) is 0.605. The van der Waals surface area contributed by atoms with Crippen molar-refractivity contribution in [3.05, 3.63) is 42.4 Å². The van der Waals surface area contributed by atoms with Crippen LogP contribution in [0.1, 0.15) is 19.4 Å². The fraction of sp³-hybridized carbons (Fsp3) is 0.263. The van der Waals surface area contributed by atoms with Crippen molar-refractivity contribution in [2.24, 2.45) is 7.05 Å². The Morgan fingerprint density at radius 3 is 2.85 bits per heavy atom. The number of carbonyl (C=O) groups excluding carboxylic acids is 1. The van der Waals surface area contributed by atoms with E-state index in [1.165, 1.54) is 0 Å². The number of benzene rings is 1. The number of imidazole rings is 1. The largest absolute Gasteiger partial charge is 0.358 e. The molecule has 0 radical (unpaired) electrons. The zero-order valence-corrected chi connectivity index (χ0v) is 15.9. The Hall–Kier alpha value is -2.80. The molecule has 4 rings (SSSR count). The topological polar surface area (TPSA) is 72.7 Å². The molecule has 132 valence electrons. The summed E-state index contributed by atoms with van der Waals surface area (Å²) in [7, 11) is 3.62. The second-order valence-corrected chi connectivity index (χ2v) is 7.78. The molecule has 0 bridgehead atoms. The molecular formula is C19H19N5OS. The van der Waals surface area contributed by atoms with Crippen molar-refractivity contribution in [1.82, 2.24) is 24.8 Å². The molecule has 1 aromatic carbocycles. The summed E-state index contributed by atoms with van der Waals surface area (Å²) in [6.07, 6.45) is 3.56. The Labute approximate surface area is 154 Å². The third-order valence-corrected chi connectivity index (χ3v) is 5.74. The zero-order valence-electron chi connectivity index (χ0n) is 15.1. The molecule has 3 heterocycles. The molecule has 0 fully saturated rings. The van der Waals surface area contributed by atoms with Gasteiger partial charge in [-0.15, -0.1) is 0 Å². The summed E-state index contributed by atoms with van der Waals surface area (Å²) in [5.41, 5.74) is 4.00. The Morgan fingerprint density at radius 2 is 2.08 bits per heavy atom. The molecule has 0 aliphatic carbocycles. The van der Waals surface area contributed by atoms with Crippen molar-refractivity contribution in [2.45, 2.75) is 19.3 Å². The van der Waals surface area contributed by atoms with Gasteiger partial charge in [0, 0.05) is 19.7 Å². The smallest absolute Gasteiger partial charge is 0.229 e. The molecule has 0 spiro atoms. The molecule has 0 saturated heterocycles. The van der Waals surface area contributed by atoms with Crippen LogP contribution in [0.25, 0.3) is 32.0 Å². The predicted octanol–water partition coefficient (Wildman–Crippen LogP) is 3.27. The number of aryl methyl sites for hydroxylation is 1. The number of likely N-dealkylation sites (N-methyl/N-ethyl adjacent to an activating group) is 1. The lowest BCUT2D eigenvalue weighted by molar-refractivity contribution is -0.125. The molecule has 0 unspecified atom stereocenters. The first-order valence-electron chi connectivity index (χ1n) is 8.31. The van der Waals surface area contributed by atoms with Gasteiger partial charge in [-0.1, -0.05) is 29.5 Å². The number of amides is 1. The SMILES string of the molecule is CNC(=O)C(C)(C)c1cccc(-c2nc3c(ncc4ncn(C)c43)s2)c1. The van der Waals surface area contributed by atoms with E-state index < -0.39 is 5.41 Å². The fourth-order valence-corrected chi connectivity index (χ4v) is 4.02. The number of nitrogens with one attached hydrogen (secondary N) is 1. The number of fused-ring (bicyclic) bond motifs is 3. The second kappa shape index (κ2) is 5.88. The summed E-state index contributed by atoms with van der Waals surface area (Å²) in [5, 5.41) is 3.62. The van der Waals surface area contributed by atoms with Crippen LogP contribution in [0.4, 0.5) is 0 Å². The summed E-state index contributed by atoms with van der Waals surface area (Å²) in [6.45, 7) is 3.84. The van der Waals surface area contributed by atoms with Gasteiger partial charge in [-0.2, -0.15) is 0 Å². The second-order valence-electron chi connectivity index (χ2n) is 6.81. The van der Waals surface area contributed by atoms with Gasteiger partial charge in [0.05, 0.1) is 23.5 Å². The van der Waals surface area contributed by atoms with Gasteiger partial charge >= 0.3 is 0 Å². The van der Waals surface area contributed by atoms with Crippen LogP contribution in [0.3, 0.4) is 0 Å². The molecule has 7 heteroatoms. The highest BCUT2D eigenvalue weighted by atomic mass is 32.1. The molecular weight excluding hydrogens is 346 g/mol. The van der Waals surface area contributed by atoms with Crippen LogP contribution in [-0.2, 0) is 17.3 Å². The Balaban J connectivity index is 1.86. The van der Waals surface area contributed by atoms with Crippen LogP contribution in [0.5, 0.6) is 0 Å². The first-order chi connectivity index (χ1) is 12.4. The number of pyridine rings is 1. The number of hydrogen-bond acceptors (Lipinski definition) is 5. The average Bonchev–Trinajstić information content (AvgIpc) is 3.24. The van der Waals surface area contributed by atoms with Crippen LogP contribution >= 0.6 is 11.3 Å². The monoisotopic (exact) mass is 365 g/mol. The van der Waals surface area contributed by atoms with E-state index >= 15 is 0 Å². The number of carbonyl (C=O) groups is 1. The first-order valence-corrected chi connectivity index (χ1v) is 9.13. The lowest BCUT2D eigenvalue weighted by Gasteiger charge is -2.23. The van der Waals surface area contributed by atoms with Crippen molar-refractivity contribution >= 4 is 38.6 Å². The van der Waals surface area contributed by atoms with E-state index in [-0.39, 0.29) is 5.91 Å². The third-order valence-electron chi connectivity index (χ3n) is 4.73. The van der Waals surface area contributed by atoms with Gasteiger partial charge in [0.2, 0.25) is 5.91 Å². The van der Waals surface area contributed by atoms with Crippen molar-refractivity contribution in [1.29, 1.82) is 0 Å². The molecule has 1 amide bonds. The standard InChI is InChI=1S/C19H19N5OS/c1-19(2,18(25)20-3)12-7-5-6-11(8-12)16-23-14-15-13(22-10-24(15)4)9-21-17(14)26-16/h5-10H,1-4H3,(H,20,25). The van der Waals surface area contributed by atoms with Gasteiger partial charge in [-0.25, -0.2) is 15.0 Å². The fourth-order valence-electron chi connectivity index (χ4n) is 3.11. The average molecular weight is 365 g/mol. The molecule has 0 saturated carbocycles. The van der Waals surface area contributed by atoms with Gasteiger partial charge in [0.15, 0.2) is 0 Å².